The van der Waals surface area contributed by atoms with E-state index in [1.807, 2.05) is 103 Å². The van der Waals surface area contributed by atoms with Crippen LogP contribution in [0.2, 0.25) is 0 Å². The molecule has 13 nitrogen and oxygen atoms in total. The van der Waals surface area contributed by atoms with Crippen molar-refractivity contribution in [3.63, 3.8) is 0 Å². The van der Waals surface area contributed by atoms with E-state index < -0.39 is 0 Å². The number of furan rings is 3. The molecule has 24 aromatic rings. The van der Waals surface area contributed by atoms with Crippen molar-refractivity contribution in [3.05, 3.63) is 421 Å². The highest BCUT2D eigenvalue weighted by Crippen LogP contribution is 2.61. The van der Waals surface area contributed by atoms with Crippen LogP contribution >= 0.6 is 0 Å². The minimum atomic E-state index is -0.160. The first-order chi connectivity index (χ1) is 69.9. The van der Waals surface area contributed by atoms with E-state index in [4.69, 9.17) is 58.1 Å². The average molecular weight is 1850 g/mol. The summed E-state index contributed by atoms with van der Waals surface area (Å²) in [6.45, 7) is 23.2. The molecule has 28 rings (SSSR count). The van der Waals surface area contributed by atoms with Gasteiger partial charge in [0.1, 0.15) is 39.2 Å². The second kappa shape index (κ2) is 33.0. The first-order valence-electron chi connectivity index (χ1n) is 49.7. The molecule has 0 bridgehead atoms. The van der Waals surface area contributed by atoms with Gasteiger partial charge in [0.05, 0.1) is 0 Å². The number of nitrogens with zero attached hydrogens (tertiary/aromatic N) is 10. The highest BCUT2D eigenvalue weighted by atomic mass is 16.3. The van der Waals surface area contributed by atoms with Gasteiger partial charge in [0, 0.05) is 116 Å². The van der Waals surface area contributed by atoms with Crippen LogP contribution in [0.3, 0.4) is 0 Å². The Morgan fingerprint density at radius 1 is 0.245 bits per heavy atom. The Hall–Kier alpha value is -17.2. The quantitative estimate of drug-likeness (QED) is 0.106. The van der Waals surface area contributed by atoms with E-state index in [1.165, 1.54) is 99.8 Å². The number of aromatic nitrogens is 10. The molecule has 7 aromatic heterocycles. The molecule has 4 aliphatic rings. The van der Waals surface area contributed by atoms with Gasteiger partial charge in [-0.05, 0) is 197 Å². The van der Waals surface area contributed by atoms with Crippen molar-refractivity contribution in [2.24, 2.45) is 5.41 Å². The van der Waals surface area contributed by atoms with Gasteiger partial charge >= 0.3 is 0 Å². The average Bonchev–Trinajstić information content (AvgIpc) is 1.56. The fourth-order valence-electron chi connectivity index (χ4n) is 23.9. The minimum Gasteiger partial charge on any atom is -0.456 e. The second-order valence-electron chi connectivity index (χ2n) is 40.3. The fourth-order valence-corrected chi connectivity index (χ4v) is 23.9. The molecule has 143 heavy (non-hydrogen) atoms. The van der Waals surface area contributed by atoms with Gasteiger partial charge in [-0.25, -0.2) is 44.9 Å². The van der Waals surface area contributed by atoms with Crippen LogP contribution in [-0.2, 0) is 21.7 Å². The van der Waals surface area contributed by atoms with Crippen LogP contribution in [0.25, 0.3) is 234 Å². The van der Waals surface area contributed by atoms with Crippen molar-refractivity contribution in [1.82, 2.24) is 49.8 Å². The first kappa shape index (κ1) is 86.2. The number of fused-ring (bicyclic) bond motifs is 26. The minimum absolute atomic E-state index is 0.0281. The summed E-state index contributed by atoms with van der Waals surface area (Å²) in [4.78, 5) is 50.3. The fraction of sp³-hybridized carbons (Fsp3) is 0.138. The van der Waals surface area contributed by atoms with Gasteiger partial charge in [-0.3, -0.25) is 4.98 Å². The van der Waals surface area contributed by atoms with Crippen LogP contribution < -0.4 is 0 Å². The van der Waals surface area contributed by atoms with Gasteiger partial charge < -0.3 is 13.3 Å². The zero-order valence-electron chi connectivity index (χ0n) is 81.1. The van der Waals surface area contributed by atoms with Gasteiger partial charge in [-0.1, -0.05) is 366 Å². The van der Waals surface area contributed by atoms with Crippen LogP contribution in [0.4, 0.5) is 0 Å². The number of benzene rings is 17. The van der Waals surface area contributed by atoms with E-state index in [0.29, 0.717) is 58.1 Å². The predicted molar refractivity (Wildman–Crippen MR) is 581 cm³/mol. The summed E-state index contributed by atoms with van der Waals surface area (Å²) >= 11 is 0. The van der Waals surface area contributed by atoms with E-state index in [0.717, 1.165) is 140 Å². The lowest BCUT2D eigenvalue weighted by atomic mass is 9.62. The van der Waals surface area contributed by atoms with Crippen molar-refractivity contribution < 1.29 is 13.3 Å². The van der Waals surface area contributed by atoms with E-state index >= 15 is 0 Å². The van der Waals surface area contributed by atoms with Crippen molar-refractivity contribution in [1.29, 1.82) is 0 Å². The summed E-state index contributed by atoms with van der Waals surface area (Å²) < 4.78 is 20.3. The van der Waals surface area contributed by atoms with Crippen molar-refractivity contribution in [2.45, 2.75) is 110 Å². The zero-order valence-corrected chi connectivity index (χ0v) is 81.1. The maximum atomic E-state index is 6.91. The molecular formula is C130H98N10O3. The molecule has 0 saturated heterocycles. The van der Waals surface area contributed by atoms with E-state index in [-0.39, 0.29) is 27.1 Å². The summed E-state index contributed by atoms with van der Waals surface area (Å²) in [5.74, 6) is 5.56. The highest BCUT2D eigenvalue weighted by Gasteiger charge is 2.49. The molecule has 0 saturated carbocycles. The molecule has 0 amide bonds. The third kappa shape index (κ3) is 13.4. The van der Waals surface area contributed by atoms with Gasteiger partial charge in [-0.15, -0.1) is 0 Å². The van der Waals surface area contributed by atoms with E-state index in [9.17, 15) is 0 Å². The third-order valence-electron chi connectivity index (χ3n) is 31.7. The Labute approximate surface area is 828 Å². The standard InChI is InChI=1S/C46H33N3O.C45H34N4O.C39H31N3O/c1-3-46(4-2)38-23-13-12-21-33(38)34-25-26-35-40-36(22-14-24-39(40)50-42(35)41(34)46)44-47-43(28-15-6-5-7-16-28)48-45(49-44)37-27-29-17-8-9-18-30(29)31-19-10-11-20-32(31)37;1-5-45(4)34-17-9-7-14-28(34)30-22-23-31-38-32(15-12-19-37(38)50-40(31)39(30)45)42-47-41(48-43(49-42)36-18-10-11-24-46-36)26-20-21-29-27-13-6-8-16-33(27)44(2,3)35(29)25-26;1-38(2,3)39(4)31-18-12-11-17-27(31)29-23-34-30(22-32(29)39)28-20-19-26(21-33(28)43-34)37-41-35(24-13-7-5-8-14-24)40-36(42-37)25-15-9-6-10-16-25/h5-27H,3-4H2,1-2H3;6-25H,5H2,1-4H3;5-23H,1-4H3. The number of pyridine rings is 1. The molecule has 17 aromatic carbocycles. The maximum Gasteiger partial charge on any atom is 0.182 e. The van der Waals surface area contributed by atoms with E-state index in [2.05, 4.69) is 341 Å². The Morgan fingerprint density at radius 2 is 0.671 bits per heavy atom. The number of hydrogen-bond donors (Lipinski definition) is 0. The van der Waals surface area contributed by atoms with Crippen LogP contribution in [0.5, 0.6) is 0 Å². The Kier molecular flexibility index (Phi) is 19.9. The molecular weight excluding hydrogens is 1750 g/mol. The molecule has 0 fully saturated rings. The molecule has 2 atom stereocenters. The molecule has 7 heterocycles. The molecule has 13 heteroatoms. The van der Waals surface area contributed by atoms with Gasteiger partial charge in [-0.2, -0.15) is 0 Å². The van der Waals surface area contributed by atoms with Crippen LogP contribution in [0.1, 0.15) is 133 Å². The Balaban J connectivity index is 0.000000110. The predicted octanol–water partition coefficient (Wildman–Crippen LogP) is 33.4. The second-order valence-corrected chi connectivity index (χ2v) is 40.3. The molecule has 4 aliphatic carbocycles. The molecule has 0 N–H and O–H groups in total. The van der Waals surface area contributed by atoms with Crippen molar-refractivity contribution in [2.75, 3.05) is 0 Å². The zero-order chi connectivity index (χ0) is 96.5. The Bertz CT molecular complexity index is 9300. The van der Waals surface area contributed by atoms with Crippen LogP contribution in [-0.4, -0.2) is 49.8 Å². The normalized spacial score (nSPS) is 15.3. The molecule has 0 spiro atoms. The molecule has 0 aliphatic heterocycles. The van der Waals surface area contributed by atoms with E-state index in [1.54, 1.807) is 6.20 Å². The summed E-state index contributed by atoms with van der Waals surface area (Å²) in [5.41, 5.74) is 33.8. The maximum absolute atomic E-state index is 6.91. The van der Waals surface area contributed by atoms with Gasteiger partial charge in [0.15, 0.2) is 52.4 Å². The summed E-state index contributed by atoms with van der Waals surface area (Å²) in [7, 11) is 0. The smallest absolute Gasteiger partial charge is 0.182 e. The van der Waals surface area contributed by atoms with Gasteiger partial charge in [0.25, 0.3) is 0 Å². The highest BCUT2D eigenvalue weighted by molar-refractivity contribution is 6.18. The monoisotopic (exact) mass is 1850 g/mol. The summed E-state index contributed by atoms with van der Waals surface area (Å²) in [5, 5.41) is 11.1. The molecule has 686 valence electrons. The topological polar surface area (TPSA) is 168 Å². The lowest BCUT2D eigenvalue weighted by Crippen LogP contribution is -2.36. The van der Waals surface area contributed by atoms with Gasteiger partial charge in [0.2, 0.25) is 0 Å². The molecule has 0 radical (unpaired) electrons. The lowest BCUT2D eigenvalue weighted by molar-refractivity contribution is 0.255. The Morgan fingerprint density at radius 3 is 1.26 bits per heavy atom. The number of hydrogen-bond acceptors (Lipinski definition) is 13. The number of rotatable bonds is 12. The van der Waals surface area contributed by atoms with Crippen molar-refractivity contribution in [3.8, 4) is 147 Å². The first-order valence-corrected chi connectivity index (χ1v) is 49.7. The largest absolute Gasteiger partial charge is 0.456 e. The lowest BCUT2D eigenvalue weighted by Gasteiger charge is -2.41. The SMILES string of the molecule is CC(C)(C)C1(C)c2ccccc2-c2cc3oc4cc(-c5nc(-c6ccccc6)nc(-c6ccccc6)n5)ccc4c3cc21.CCC1(C)c2ccccc2-c2ccc3c(oc4cccc(-c5nc(-c6ccc7c(c6)C(C)(C)c6ccccc6-7)nc(-c6ccccn6)n5)c43)c21.CCC1(CC)c2ccccc2-c2ccc3c(oc4cccc(-c5nc(-c6ccccc6)nc(-c6cc7ccccc7c7ccccc67)n5)c43)c21. The van der Waals surface area contributed by atoms with Crippen LogP contribution in [0.15, 0.2) is 389 Å². The van der Waals surface area contributed by atoms with Crippen molar-refractivity contribution >= 4 is 87.4 Å². The van der Waals surface area contributed by atoms with Crippen LogP contribution in [0, 0.1) is 5.41 Å². The summed E-state index contributed by atoms with van der Waals surface area (Å²) in [6, 6.07) is 130. The third-order valence-corrected chi connectivity index (χ3v) is 31.7. The summed E-state index contributed by atoms with van der Waals surface area (Å²) in [6.07, 6.45) is 4.73. The molecule has 2 unspecified atom stereocenters.